The maximum Gasteiger partial charge on any atom is 0.239 e. The summed E-state index contributed by atoms with van der Waals surface area (Å²) in [4.78, 5) is 25.2. The summed E-state index contributed by atoms with van der Waals surface area (Å²) in [6.45, 7) is 5.44. The third-order valence-electron chi connectivity index (χ3n) is 3.41. The van der Waals surface area contributed by atoms with Crippen LogP contribution in [0.1, 0.15) is 36.2 Å². The molecule has 1 aliphatic heterocycles. The fourth-order valence-electron chi connectivity index (χ4n) is 2.48. The van der Waals surface area contributed by atoms with Gasteiger partial charge in [-0.05, 0) is 50.5 Å². The first-order valence-corrected chi connectivity index (χ1v) is 6.77. The standard InChI is InChI=1S/C15H20N2O2/c1-3-16-15(19)10-17-8-4-5-13-9-12(11(2)18)6-7-14(13)17/h6-7,9H,3-5,8,10H2,1-2H3,(H,16,19). The van der Waals surface area contributed by atoms with Crippen molar-refractivity contribution in [1.29, 1.82) is 0 Å². The Kier molecular flexibility index (Phi) is 4.20. The van der Waals surface area contributed by atoms with Crippen molar-refractivity contribution in [3.05, 3.63) is 29.3 Å². The van der Waals surface area contributed by atoms with E-state index in [4.69, 9.17) is 0 Å². The second kappa shape index (κ2) is 5.87. The number of hydrogen-bond acceptors (Lipinski definition) is 3. The van der Waals surface area contributed by atoms with E-state index < -0.39 is 0 Å². The summed E-state index contributed by atoms with van der Waals surface area (Å²) < 4.78 is 0. The van der Waals surface area contributed by atoms with Gasteiger partial charge in [0.2, 0.25) is 5.91 Å². The van der Waals surface area contributed by atoms with E-state index in [0.717, 1.165) is 30.6 Å². The summed E-state index contributed by atoms with van der Waals surface area (Å²) in [6, 6.07) is 5.77. The van der Waals surface area contributed by atoms with Gasteiger partial charge in [-0.3, -0.25) is 9.59 Å². The molecular weight excluding hydrogens is 240 g/mol. The number of anilines is 1. The minimum absolute atomic E-state index is 0.0472. The zero-order valence-corrected chi connectivity index (χ0v) is 11.5. The minimum atomic E-state index is 0.0472. The lowest BCUT2D eigenvalue weighted by atomic mass is 9.98. The number of likely N-dealkylation sites (N-methyl/N-ethyl adjacent to an activating group) is 1. The Balaban J connectivity index is 2.20. The lowest BCUT2D eigenvalue weighted by Gasteiger charge is -2.31. The van der Waals surface area contributed by atoms with Crippen LogP contribution in [0, 0.1) is 0 Å². The first-order valence-electron chi connectivity index (χ1n) is 6.77. The highest BCUT2D eigenvalue weighted by Gasteiger charge is 2.19. The Labute approximate surface area is 113 Å². The van der Waals surface area contributed by atoms with E-state index in [1.54, 1.807) is 6.92 Å². The molecule has 0 fully saturated rings. The smallest absolute Gasteiger partial charge is 0.239 e. The molecule has 19 heavy (non-hydrogen) atoms. The maximum atomic E-state index is 11.7. The lowest BCUT2D eigenvalue weighted by molar-refractivity contribution is -0.119. The predicted octanol–water partition coefficient (Wildman–Crippen LogP) is 1.78. The van der Waals surface area contributed by atoms with Gasteiger partial charge in [-0.1, -0.05) is 0 Å². The van der Waals surface area contributed by atoms with Crippen LogP contribution in [0.5, 0.6) is 0 Å². The number of Topliss-reactive ketones (excluding diaryl/α,β-unsaturated/α-hetero) is 1. The monoisotopic (exact) mass is 260 g/mol. The van der Waals surface area contributed by atoms with Crippen molar-refractivity contribution in [2.75, 3.05) is 24.5 Å². The predicted molar refractivity (Wildman–Crippen MR) is 75.7 cm³/mol. The number of amides is 1. The summed E-state index contributed by atoms with van der Waals surface area (Å²) in [5.41, 5.74) is 3.00. The minimum Gasteiger partial charge on any atom is -0.362 e. The van der Waals surface area contributed by atoms with Gasteiger partial charge in [0.1, 0.15) is 0 Å². The average Bonchev–Trinajstić information content (AvgIpc) is 2.38. The van der Waals surface area contributed by atoms with Crippen LogP contribution < -0.4 is 10.2 Å². The van der Waals surface area contributed by atoms with Crippen molar-refractivity contribution in [3.63, 3.8) is 0 Å². The molecule has 4 nitrogen and oxygen atoms in total. The molecule has 1 aromatic rings. The topological polar surface area (TPSA) is 49.4 Å². The highest BCUT2D eigenvalue weighted by molar-refractivity contribution is 5.95. The summed E-state index contributed by atoms with van der Waals surface area (Å²) in [7, 11) is 0. The average molecular weight is 260 g/mol. The van der Waals surface area contributed by atoms with E-state index >= 15 is 0 Å². The fourth-order valence-corrected chi connectivity index (χ4v) is 2.48. The number of benzene rings is 1. The van der Waals surface area contributed by atoms with Crippen molar-refractivity contribution in [1.82, 2.24) is 5.32 Å². The molecular formula is C15H20N2O2. The number of carbonyl (C=O) groups is 2. The molecule has 0 aromatic heterocycles. The van der Waals surface area contributed by atoms with E-state index in [0.29, 0.717) is 13.1 Å². The fraction of sp³-hybridized carbons (Fsp3) is 0.467. The van der Waals surface area contributed by atoms with Gasteiger partial charge in [0.25, 0.3) is 0 Å². The number of rotatable bonds is 4. The molecule has 1 aromatic carbocycles. The molecule has 4 heteroatoms. The molecule has 102 valence electrons. The van der Waals surface area contributed by atoms with Gasteiger partial charge in [-0.25, -0.2) is 0 Å². The SMILES string of the molecule is CCNC(=O)CN1CCCc2cc(C(C)=O)ccc21. The van der Waals surface area contributed by atoms with Gasteiger partial charge >= 0.3 is 0 Å². The number of aryl methyl sites for hydroxylation is 1. The van der Waals surface area contributed by atoms with Crippen molar-refractivity contribution in [3.8, 4) is 0 Å². The zero-order chi connectivity index (χ0) is 13.8. The van der Waals surface area contributed by atoms with Gasteiger partial charge in [0, 0.05) is 24.3 Å². The first kappa shape index (κ1) is 13.6. The summed E-state index contributed by atoms with van der Waals surface area (Å²) in [5, 5.41) is 2.82. The molecule has 0 radical (unpaired) electrons. The van der Waals surface area contributed by atoms with Gasteiger partial charge in [0.15, 0.2) is 5.78 Å². The molecule has 0 spiro atoms. The van der Waals surface area contributed by atoms with Crippen molar-refractivity contribution < 1.29 is 9.59 Å². The third-order valence-corrected chi connectivity index (χ3v) is 3.41. The van der Waals surface area contributed by atoms with Gasteiger partial charge in [-0.2, -0.15) is 0 Å². The van der Waals surface area contributed by atoms with Crippen molar-refractivity contribution >= 4 is 17.4 Å². The number of nitrogens with zero attached hydrogens (tertiary/aromatic N) is 1. The van der Waals surface area contributed by atoms with Crippen LogP contribution in [-0.4, -0.2) is 31.3 Å². The molecule has 1 N–H and O–H groups in total. The van der Waals surface area contributed by atoms with Gasteiger partial charge in [-0.15, -0.1) is 0 Å². The van der Waals surface area contributed by atoms with E-state index in [2.05, 4.69) is 10.2 Å². The van der Waals surface area contributed by atoms with Gasteiger partial charge in [0.05, 0.1) is 6.54 Å². The molecule has 0 saturated carbocycles. The van der Waals surface area contributed by atoms with E-state index in [9.17, 15) is 9.59 Å². The molecule has 1 aliphatic rings. The molecule has 0 unspecified atom stereocenters. The largest absolute Gasteiger partial charge is 0.362 e. The molecule has 0 bridgehead atoms. The summed E-state index contributed by atoms with van der Waals surface area (Å²) >= 11 is 0. The Bertz CT molecular complexity index is 497. The quantitative estimate of drug-likeness (QED) is 0.839. The van der Waals surface area contributed by atoms with Crippen LogP contribution in [0.25, 0.3) is 0 Å². The van der Waals surface area contributed by atoms with Crippen LogP contribution in [0.2, 0.25) is 0 Å². The number of nitrogens with one attached hydrogen (secondary N) is 1. The number of fused-ring (bicyclic) bond motifs is 1. The van der Waals surface area contributed by atoms with Crippen LogP contribution in [0.4, 0.5) is 5.69 Å². The molecule has 0 atom stereocenters. The molecule has 1 amide bonds. The van der Waals surface area contributed by atoms with Crippen LogP contribution in [0.3, 0.4) is 0 Å². The molecule has 2 rings (SSSR count). The van der Waals surface area contributed by atoms with E-state index in [1.807, 2.05) is 25.1 Å². The normalized spacial score (nSPS) is 13.9. The van der Waals surface area contributed by atoms with Crippen LogP contribution >= 0.6 is 0 Å². The summed E-state index contributed by atoms with van der Waals surface area (Å²) in [6.07, 6.45) is 2.00. The second-order valence-corrected chi connectivity index (χ2v) is 4.88. The number of ketones is 1. The third kappa shape index (κ3) is 3.13. The number of hydrogen-bond donors (Lipinski definition) is 1. The number of carbonyl (C=O) groups excluding carboxylic acids is 2. The first-order chi connectivity index (χ1) is 9.11. The molecule has 0 saturated heterocycles. The Hall–Kier alpha value is -1.84. The van der Waals surface area contributed by atoms with Crippen molar-refractivity contribution in [2.24, 2.45) is 0 Å². The Morgan fingerprint density at radius 1 is 1.37 bits per heavy atom. The van der Waals surface area contributed by atoms with E-state index in [1.165, 1.54) is 5.56 Å². The molecule has 0 aliphatic carbocycles. The molecule has 1 heterocycles. The second-order valence-electron chi connectivity index (χ2n) is 4.88. The summed E-state index contributed by atoms with van der Waals surface area (Å²) in [5.74, 6) is 0.134. The Morgan fingerprint density at radius 2 is 2.16 bits per heavy atom. The van der Waals surface area contributed by atoms with Crippen LogP contribution in [-0.2, 0) is 11.2 Å². The van der Waals surface area contributed by atoms with E-state index in [-0.39, 0.29) is 11.7 Å². The Morgan fingerprint density at radius 3 is 2.84 bits per heavy atom. The van der Waals surface area contributed by atoms with Gasteiger partial charge < -0.3 is 10.2 Å². The van der Waals surface area contributed by atoms with Crippen molar-refractivity contribution in [2.45, 2.75) is 26.7 Å². The highest BCUT2D eigenvalue weighted by atomic mass is 16.2. The van der Waals surface area contributed by atoms with Crippen LogP contribution in [0.15, 0.2) is 18.2 Å². The highest BCUT2D eigenvalue weighted by Crippen LogP contribution is 2.27. The zero-order valence-electron chi connectivity index (χ0n) is 11.5. The maximum absolute atomic E-state index is 11.7. The lowest BCUT2D eigenvalue weighted by Crippen LogP contribution is -2.39.